The van der Waals surface area contributed by atoms with Gasteiger partial charge in [0.1, 0.15) is 24.4 Å². The number of aromatic nitrogens is 3. The van der Waals surface area contributed by atoms with Gasteiger partial charge in [0.05, 0.1) is 17.4 Å². The molecule has 0 bridgehead atoms. The van der Waals surface area contributed by atoms with E-state index in [-0.39, 0.29) is 18.4 Å². The van der Waals surface area contributed by atoms with Crippen molar-refractivity contribution in [2.24, 2.45) is 10.8 Å². The van der Waals surface area contributed by atoms with Crippen LogP contribution in [0, 0.1) is 0 Å². The average molecular weight is 417 g/mol. The zero-order valence-electron chi connectivity index (χ0n) is 17.3. The third-order valence-electron chi connectivity index (χ3n) is 5.47. The molecule has 0 spiro atoms. The molecule has 9 heteroatoms. The predicted molar refractivity (Wildman–Crippen MR) is 116 cm³/mol. The van der Waals surface area contributed by atoms with Crippen molar-refractivity contribution >= 4 is 23.2 Å². The molecule has 9 nitrogen and oxygen atoms in total. The van der Waals surface area contributed by atoms with Crippen LogP contribution in [0.4, 0.5) is 5.69 Å². The first-order chi connectivity index (χ1) is 15.0. The number of carbonyl (C=O) groups excluding carboxylic acids is 2. The Labute approximate surface area is 179 Å². The fourth-order valence-corrected chi connectivity index (χ4v) is 3.53. The van der Waals surface area contributed by atoms with Gasteiger partial charge in [-0.25, -0.2) is 9.67 Å². The van der Waals surface area contributed by atoms with Gasteiger partial charge in [-0.1, -0.05) is 30.3 Å². The normalized spacial score (nSPS) is 16.6. The van der Waals surface area contributed by atoms with Crippen LogP contribution in [0.5, 0.6) is 0 Å². The lowest BCUT2D eigenvalue weighted by atomic mass is 10.0. The molecule has 2 N–H and O–H groups in total. The Bertz CT molecular complexity index is 1090. The molecule has 1 aliphatic heterocycles. The smallest absolute Gasteiger partial charge is 0.270 e. The molecule has 0 fully saturated rings. The van der Waals surface area contributed by atoms with Gasteiger partial charge in [-0.2, -0.15) is 10.2 Å². The summed E-state index contributed by atoms with van der Waals surface area (Å²) in [7, 11) is 1.73. The molecule has 3 aromatic rings. The molecular weight excluding hydrogens is 394 g/mol. The molecule has 0 unspecified atom stereocenters. The molecule has 158 valence electrons. The number of nitrogens with zero attached hydrogens (tertiary/aromatic N) is 6. The van der Waals surface area contributed by atoms with E-state index in [9.17, 15) is 9.59 Å². The van der Waals surface area contributed by atoms with Crippen molar-refractivity contribution < 1.29 is 9.59 Å². The number of amides is 2. The minimum absolute atomic E-state index is 0.172. The highest BCUT2D eigenvalue weighted by Crippen LogP contribution is 2.27. The first-order valence-corrected chi connectivity index (χ1v) is 9.89. The number of para-hydroxylation sites is 1. The standard InChI is InChI=1S/C22H23N7O2/c1-15(16-8-10-17(11-9-16)28-14-24-13-25-28)27(2)22(31)19-12-20(21(23)30)29(26-19)18-6-4-3-5-7-18/h3-11,13-15,20H,12H2,1-2H3,(H2,23,30)/t15-,20+/m1/s1. The van der Waals surface area contributed by atoms with Crippen molar-refractivity contribution in [2.75, 3.05) is 12.1 Å². The Morgan fingerprint density at radius 3 is 2.42 bits per heavy atom. The molecule has 2 aromatic carbocycles. The molecule has 1 aromatic heterocycles. The Kier molecular flexibility index (Phi) is 5.48. The van der Waals surface area contributed by atoms with Crippen LogP contribution in [0.3, 0.4) is 0 Å². The van der Waals surface area contributed by atoms with Gasteiger partial charge >= 0.3 is 0 Å². The fourth-order valence-electron chi connectivity index (χ4n) is 3.53. The lowest BCUT2D eigenvalue weighted by molar-refractivity contribution is -0.124. The van der Waals surface area contributed by atoms with Crippen LogP contribution >= 0.6 is 0 Å². The number of primary amides is 1. The largest absolute Gasteiger partial charge is 0.368 e. The van der Waals surface area contributed by atoms with Crippen LogP contribution in [-0.4, -0.2) is 50.3 Å². The summed E-state index contributed by atoms with van der Waals surface area (Å²) in [5.41, 5.74) is 8.44. The third-order valence-corrected chi connectivity index (χ3v) is 5.47. The van der Waals surface area contributed by atoms with Crippen LogP contribution in [0.15, 0.2) is 72.4 Å². The van der Waals surface area contributed by atoms with Gasteiger partial charge < -0.3 is 10.6 Å². The van der Waals surface area contributed by atoms with E-state index in [2.05, 4.69) is 15.2 Å². The van der Waals surface area contributed by atoms with Gasteiger partial charge in [-0.3, -0.25) is 14.6 Å². The molecule has 0 saturated carbocycles. The zero-order valence-corrected chi connectivity index (χ0v) is 17.3. The van der Waals surface area contributed by atoms with E-state index in [0.29, 0.717) is 11.4 Å². The van der Waals surface area contributed by atoms with Gasteiger partial charge in [0.15, 0.2) is 0 Å². The van der Waals surface area contributed by atoms with Gasteiger partial charge in [0.25, 0.3) is 5.91 Å². The number of hydrogen-bond acceptors (Lipinski definition) is 6. The molecule has 4 rings (SSSR count). The maximum absolute atomic E-state index is 13.2. The minimum atomic E-state index is -0.688. The molecular formula is C22H23N7O2. The zero-order chi connectivity index (χ0) is 22.0. The van der Waals surface area contributed by atoms with Crippen molar-refractivity contribution in [3.05, 3.63) is 72.8 Å². The van der Waals surface area contributed by atoms with Gasteiger partial charge in [-0.05, 0) is 36.8 Å². The van der Waals surface area contributed by atoms with Crippen LogP contribution in [0.25, 0.3) is 5.69 Å². The summed E-state index contributed by atoms with van der Waals surface area (Å²) < 4.78 is 1.67. The average Bonchev–Trinajstić information content (AvgIpc) is 3.49. The molecule has 0 saturated heterocycles. The molecule has 0 radical (unpaired) electrons. The SMILES string of the molecule is C[C@H](c1ccc(-n2cncn2)cc1)N(C)C(=O)C1=NN(c2ccccc2)[C@H](C(N)=O)C1. The van der Waals surface area contributed by atoms with Gasteiger partial charge in [-0.15, -0.1) is 0 Å². The molecule has 0 aliphatic carbocycles. The van der Waals surface area contributed by atoms with Crippen molar-refractivity contribution in [3.8, 4) is 5.69 Å². The lowest BCUT2D eigenvalue weighted by Crippen LogP contribution is -2.40. The van der Waals surface area contributed by atoms with Gasteiger partial charge in [0, 0.05) is 13.5 Å². The fraction of sp³-hybridized carbons (Fsp3) is 0.227. The van der Waals surface area contributed by atoms with Crippen molar-refractivity contribution in [3.63, 3.8) is 0 Å². The summed E-state index contributed by atoms with van der Waals surface area (Å²) in [6.45, 7) is 1.94. The Hall–Kier alpha value is -4.01. The highest BCUT2D eigenvalue weighted by Gasteiger charge is 2.36. The monoisotopic (exact) mass is 417 g/mol. The maximum atomic E-state index is 13.2. The predicted octanol–water partition coefficient (Wildman–Crippen LogP) is 1.91. The summed E-state index contributed by atoms with van der Waals surface area (Å²) in [5, 5.41) is 10.1. The summed E-state index contributed by atoms with van der Waals surface area (Å²) in [6.07, 6.45) is 3.27. The summed E-state index contributed by atoms with van der Waals surface area (Å²) in [6, 6.07) is 16.1. The highest BCUT2D eigenvalue weighted by molar-refractivity contribution is 6.40. The first kappa shape index (κ1) is 20.3. The first-order valence-electron chi connectivity index (χ1n) is 9.89. The second-order valence-electron chi connectivity index (χ2n) is 7.37. The number of nitrogens with two attached hydrogens (primary N) is 1. The second kappa shape index (κ2) is 8.39. The summed E-state index contributed by atoms with van der Waals surface area (Å²) in [4.78, 5) is 30.7. The third kappa shape index (κ3) is 4.02. The van der Waals surface area contributed by atoms with Crippen LogP contribution in [0.1, 0.15) is 24.9 Å². The van der Waals surface area contributed by atoms with Crippen LogP contribution in [-0.2, 0) is 9.59 Å². The Morgan fingerprint density at radius 2 is 1.81 bits per heavy atom. The number of carbonyl (C=O) groups is 2. The number of benzene rings is 2. The number of hydrazone groups is 1. The van der Waals surface area contributed by atoms with Crippen LogP contribution < -0.4 is 10.7 Å². The van der Waals surface area contributed by atoms with E-state index in [1.807, 2.05) is 61.5 Å². The van der Waals surface area contributed by atoms with Crippen LogP contribution in [0.2, 0.25) is 0 Å². The Balaban J connectivity index is 1.52. The van der Waals surface area contributed by atoms with E-state index < -0.39 is 11.9 Å². The van der Waals surface area contributed by atoms with Crippen molar-refractivity contribution in [1.29, 1.82) is 0 Å². The van der Waals surface area contributed by atoms with Gasteiger partial charge in [0.2, 0.25) is 5.91 Å². The number of rotatable bonds is 6. The molecule has 2 amide bonds. The maximum Gasteiger partial charge on any atom is 0.270 e. The summed E-state index contributed by atoms with van der Waals surface area (Å²) >= 11 is 0. The second-order valence-corrected chi connectivity index (χ2v) is 7.37. The van der Waals surface area contributed by atoms with E-state index in [1.165, 1.54) is 11.3 Å². The topological polar surface area (TPSA) is 110 Å². The number of hydrogen-bond donors (Lipinski definition) is 1. The lowest BCUT2D eigenvalue weighted by Gasteiger charge is -2.25. The quantitative estimate of drug-likeness (QED) is 0.659. The minimum Gasteiger partial charge on any atom is -0.368 e. The Morgan fingerprint density at radius 1 is 1.10 bits per heavy atom. The van der Waals surface area contributed by atoms with E-state index >= 15 is 0 Å². The molecule has 2 atom stereocenters. The molecule has 1 aliphatic rings. The van der Waals surface area contributed by atoms with E-state index in [4.69, 9.17) is 5.73 Å². The van der Waals surface area contributed by atoms with E-state index in [0.717, 1.165) is 11.3 Å². The van der Waals surface area contributed by atoms with E-state index in [1.54, 1.807) is 23.0 Å². The van der Waals surface area contributed by atoms with Crippen molar-refractivity contribution in [1.82, 2.24) is 19.7 Å². The summed E-state index contributed by atoms with van der Waals surface area (Å²) in [5.74, 6) is -0.757. The number of anilines is 1. The molecule has 31 heavy (non-hydrogen) atoms. The molecule has 2 heterocycles. The highest BCUT2D eigenvalue weighted by atomic mass is 16.2. The van der Waals surface area contributed by atoms with Crippen molar-refractivity contribution in [2.45, 2.75) is 25.4 Å².